The highest BCUT2D eigenvalue weighted by Gasteiger charge is 2.37. The van der Waals surface area contributed by atoms with E-state index in [0.29, 0.717) is 5.88 Å². The summed E-state index contributed by atoms with van der Waals surface area (Å²) in [4.78, 5) is 0. The molecule has 0 spiro atoms. The molecule has 0 aromatic carbocycles. The lowest BCUT2D eigenvalue weighted by atomic mass is 9.77. The average Bonchev–Trinajstić information content (AvgIpc) is 2.08. The lowest BCUT2D eigenvalue weighted by molar-refractivity contribution is 0.375. The SMILES string of the molecule is CC1(C)[C@H](Cl)C=C/C(=C\CCl)[C@H]1Cl. The molecule has 3 heteroatoms. The molecule has 0 unspecified atom stereocenters. The van der Waals surface area contributed by atoms with Gasteiger partial charge in [0, 0.05) is 11.3 Å². The molecule has 0 aromatic heterocycles. The van der Waals surface area contributed by atoms with Gasteiger partial charge >= 0.3 is 0 Å². The molecule has 13 heavy (non-hydrogen) atoms. The maximum Gasteiger partial charge on any atom is 0.0650 e. The molecule has 0 N–H and O–H groups in total. The fourth-order valence-electron chi connectivity index (χ4n) is 1.36. The van der Waals surface area contributed by atoms with Crippen molar-refractivity contribution in [3.8, 4) is 0 Å². The standard InChI is InChI=1S/C10H13Cl3/c1-10(2)8(12)4-3-7(5-6-11)9(10)13/h3-5,8-9H,6H2,1-2H3/b7-5+/t8-,9-/m1/s1. The van der Waals surface area contributed by atoms with Crippen LogP contribution in [-0.4, -0.2) is 16.6 Å². The predicted molar refractivity (Wildman–Crippen MR) is 61.0 cm³/mol. The van der Waals surface area contributed by atoms with Gasteiger partial charge in [0.05, 0.1) is 10.8 Å². The lowest BCUT2D eigenvalue weighted by Gasteiger charge is -2.37. The summed E-state index contributed by atoms with van der Waals surface area (Å²) >= 11 is 18.1. The van der Waals surface area contributed by atoms with Gasteiger partial charge in [-0.3, -0.25) is 0 Å². The van der Waals surface area contributed by atoms with Crippen molar-refractivity contribution in [2.45, 2.75) is 24.6 Å². The van der Waals surface area contributed by atoms with Crippen LogP contribution in [0.3, 0.4) is 0 Å². The van der Waals surface area contributed by atoms with Crippen molar-refractivity contribution in [3.05, 3.63) is 23.8 Å². The van der Waals surface area contributed by atoms with Gasteiger partial charge in [0.15, 0.2) is 0 Å². The molecule has 0 aliphatic heterocycles. The van der Waals surface area contributed by atoms with Gasteiger partial charge in [-0.1, -0.05) is 32.1 Å². The van der Waals surface area contributed by atoms with E-state index in [4.69, 9.17) is 34.8 Å². The van der Waals surface area contributed by atoms with E-state index in [1.807, 2.05) is 18.2 Å². The summed E-state index contributed by atoms with van der Waals surface area (Å²) < 4.78 is 0. The largest absolute Gasteiger partial charge is 0.122 e. The van der Waals surface area contributed by atoms with Gasteiger partial charge < -0.3 is 0 Å². The Labute approximate surface area is 94.5 Å². The first-order valence-electron chi connectivity index (χ1n) is 4.22. The predicted octanol–water partition coefficient (Wildman–Crippen LogP) is 3.96. The van der Waals surface area contributed by atoms with Gasteiger partial charge in [0.25, 0.3) is 0 Å². The molecule has 0 heterocycles. The normalized spacial score (nSPS) is 35.3. The van der Waals surface area contributed by atoms with Crippen LogP contribution in [0, 0.1) is 5.41 Å². The van der Waals surface area contributed by atoms with Crippen LogP contribution in [0.5, 0.6) is 0 Å². The van der Waals surface area contributed by atoms with E-state index in [1.165, 1.54) is 0 Å². The van der Waals surface area contributed by atoms with Crippen LogP contribution in [0.1, 0.15) is 13.8 Å². The number of rotatable bonds is 1. The molecule has 1 rings (SSSR count). The topological polar surface area (TPSA) is 0 Å². The summed E-state index contributed by atoms with van der Waals surface area (Å²) in [6.07, 6.45) is 5.86. The number of hydrogen-bond acceptors (Lipinski definition) is 0. The zero-order valence-corrected chi connectivity index (χ0v) is 10.00. The molecule has 0 radical (unpaired) electrons. The van der Waals surface area contributed by atoms with E-state index < -0.39 is 0 Å². The minimum atomic E-state index is -0.115. The van der Waals surface area contributed by atoms with Crippen LogP contribution in [-0.2, 0) is 0 Å². The Bertz CT molecular complexity index is 241. The van der Waals surface area contributed by atoms with E-state index in [1.54, 1.807) is 0 Å². The summed E-state index contributed by atoms with van der Waals surface area (Å²) in [6, 6.07) is 0. The van der Waals surface area contributed by atoms with Crippen molar-refractivity contribution >= 4 is 34.8 Å². The Kier molecular flexibility index (Phi) is 3.73. The second-order valence-electron chi connectivity index (χ2n) is 3.80. The Balaban J connectivity index is 2.97. The van der Waals surface area contributed by atoms with Crippen molar-refractivity contribution in [1.82, 2.24) is 0 Å². The number of alkyl halides is 3. The molecular formula is C10H13Cl3. The Hall–Kier alpha value is 0.350. The summed E-state index contributed by atoms with van der Waals surface area (Å²) in [6.45, 7) is 4.13. The van der Waals surface area contributed by atoms with Crippen LogP contribution in [0.15, 0.2) is 23.8 Å². The van der Waals surface area contributed by atoms with Gasteiger partial charge in [-0.05, 0) is 5.57 Å². The number of halogens is 3. The third-order valence-electron chi connectivity index (χ3n) is 2.43. The monoisotopic (exact) mass is 238 g/mol. The summed E-state index contributed by atoms with van der Waals surface area (Å²) in [5, 5.41) is -0.0683. The highest BCUT2D eigenvalue weighted by molar-refractivity contribution is 6.27. The van der Waals surface area contributed by atoms with Crippen molar-refractivity contribution < 1.29 is 0 Å². The van der Waals surface area contributed by atoms with Crippen molar-refractivity contribution in [2.24, 2.45) is 5.41 Å². The summed E-state index contributed by atoms with van der Waals surface area (Å²) in [7, 11) is 0. The molecule has 0 aromatic rings. The number of hydrogen-bond donors (Lipinski definition) is 0. The molecule has 0 saturated carbocycles. The highest BCUT2D eigenvalue weighted by atomic mass is 35.5. The van der Waals surface area contributed by atoms with Crippen LogP contribution < -0.4 is 0 Å². The van der Waals surface area contributed by atoms with Gasteiger partial charge in [-0.15, -0.1) is 34.8 Å². The quantitative estimate of drug-likeness (QED) is 0.608. The molecule has 0 amide bonds. The van der Waals surface area contributed by atoms with E-state index in [9.17, 15) is 0 Å². The second kappa shape index (κ2) is 4.25. The third kappa shape index (κ3) is 2.23. The Morgan fingerprint density at radius 3 is 2.62 bits per heavy atom. The minimum Gasteiger partial charge on any atom is -0.122 e. The molecule has 2 atom stereocenters. The maximum atomic E-state index is 6.29. The molecule has 0 nitrogen and oxygen atoms in total. The summed E-state index contributed by atoms with van der Waals surface area (Å²) in [5.74, 6) is 0.492. The first kappa shape index (κ1) is 11.4. The maximum absolute atomic E-state index is 6.29. The highest BCUT2D eigenvalue weighted by Crippen LogP contribution is 2.41. The molecule has 1 aliphatic rings. The minimum absolute atomic E-state index is 0.0116. The van der Waals surface area contributed by atoms with Gasteiger partial charge in [-0.2, -0.15) is 0 Å². The zero-order valence-electron chi connectivity index (χ0n) is 7.73. The first-order chi connectivity index (χ1) is 6.00. The van der Waals surface area contributed by atoms with Crippen molar-refractivity contribution in [2.75, 3.05) is 5.88 Å². The third-order valence-corrected chi connectivity index (χ3v) is 4.10. The first-order valence-corrected chi connectivity index (χ1v) is 5.63. The fourth-order valence-corrected chi connectivity index (χ4v) is 2.10. The van der Waals surface area contributed by atoms with Crippen LogP contribution >= 0.6 is 34.8 Å². The van der Waals surface area contributed by atoms with Crippen LogP contribution in [0.25, 0.3) is 0 Å². The van der Waals surface area contributed by atoms with Gasteiger partial charge in [0.1, 0.15) is 0 Å². The fraction of sp³-hybridized carbons (Fsp3) is 0.600. The van der Waals surface area contributed by atoms with Crippen molar-refractivity contribution in [3.63, 3.8) is 0 Å². The average molecular weight is 240 g/mol. The Morgan fingerprint density at radius 2 is 2.08 bits per heavy atom. The van der Waals surface area contributed by atoms with Gasteiger partial charge in [-0.25, -0.2) is 0 Å². The smallest absolute Gasteiger partial charge is 0.0650 e. The van der Waals surface area contributed by atoms with E-state index in [-0.39, 0.29) is 16.2 Å². The van der Waals surface area contributed by atoms with Crippen LogP contribution in [0.2, 0.25) is 0 Å². The Morgan fingerprint density at radius 1 is 1.46 bits per heavy atom. The second-order valence-corrected chi connectivity index (χ2v) is 5.02. The molecule has 0 bridgehead atoms. The zero-order chi connectivity index (χ0) is 10.1. The van der Waals surface area contributed by atoms with E-state index in [0.717, 1.165) is 5.57 Å². The molecule has 74 valence electrons. The lowest BCUT2D eigenvalue weighted by Crippen LogP contribution is -2.36. The molecule has 0 fully saturated rings. The van der Waals surface area contributed by atoms with Crippen LogP contribution in [0.4, 0.5) is 0 Å². The molecule has 0 saturated heterocycles. The van der Waals surface area contributed by atoms with E-state index >= 15 is 0 Å². The number of allylic oxidation sites excluding steroid dienone is 4. The summed E-state index contributed by atoms with van der Waals surface area (Å²) in [5.41, 5.74) is 0.953. The van der Waals surface area contributed by atoms with Gasteiger partial charge in [0.2, 0.25) is 0 Å². The van der Waals surface area contributed by atoms with Crippen molar-refractivity contribution in [1.29, 1.82) is 0 Å². The molecular weight excluding hydrogens is 226 g/mol. The molecule has 1 aliphatic carbocycles. The van der Waals surface area contributed by atoms with E-state index in [2.05, 4.69) is 13.8 Å².